The number of ether oxygens (including phenoxy) is 1. The Balaban J connectivity index is 2.14. The molecule has 0 amide bonds. The standard InChI is InChI=1S/C15H22N2O2/c1-14(2)6-5-10-9(7-14)11-12(18)16-8-17-13(11)19-15(10,3)4/h8-10H,5-7H2,1-4H3,(H,16,17,18). The first-order chi connectivity index (χ1) is 8.80. The third-order valence-corrected chi connectivity index (χ3v) is 4.87. The van der Waals surface area contributed by atoms with Crippen molar-refractivity contribution in [3.63, 3.8) is 0 Å². The lowest BCUT2D eigenvalue weighted by Gasteiger charge is -2.50. The number of nitrogens with zero attached hydrogens (tertiary/aromatic N) is 1. The van der Waals surface area contributed by atoms with Crippen molar-refractivity contribution in [2.75, 3.05) is 0 Å². The van der Waals surface area contributed by atoms with Crippen LogP contribution in [0.15, 0.2) is 11.1 Å². The second kappa shape index (κ2) is 3.84. The molecule has 2 heterocycles. The average molecular weight is 262 g/mol. The molecule has 1 saturated carbocycles. The number of hydrogen-bond acceptors (Lipinski definition) is 3. The first-order valence-corrected chi connectivity index (χ1v) is 7.07. The molecule has 0 spiro atoms. The molecule has 1 aliphatic carbocycles. The Kier molecular flexibility index (Phi) is 2.57. The lowest BCUT2D eigenvalue weighted by molar-refractivity contribution is -0.0310. The summed E-state index contributed by atoms with van der Waals surface area (Å²) >= 11 is 0. The molecule has 0 aromatic carbocycles. The van der Waals surface area contributed by atoms with E-state index in [4.69, 9.17) is 4.74 Å². The predicted octanol–water partition coefficient (Wildman–Crippen LogP) is 2.85. The largest absolute Gasteiger partial charge is 0.471 e. The van der Waals surface area contributed by atoms with Crippen LogP contribution >= 0.6 is 0 Å². The van der Waals surface area contributed by atoms with Crippen LogP contribution in [0.4, 0.5) is 0 Å². The molecule has 19 heavy (non-hydrogen) atoms. The smallest absolute Gasteiger partial charge is 0.258 e. The predicted molar refractivity (Wildman–Crippen MR) is 73.4 cm³/mol. The van der Waals surface area contributed by atoms with Crippen LogP contribution in [0.2, 0.25) is 0 Å². The maximum absolute atomic E-state index is 12.2. The zero-order valence-electron chi connectivity index (χ0n) is 12.1. The first-order valence-electron chi connectivity index (χ1n) is 7.07. The fourth-order valence-electron chi connectivity index (χ4n) is 3.85. The summed E-state index contributed by atoms with van der Waals surface area (Å²) in [7, 11) is 0. The molecule has 2 aliphatic rings. The molecular formula is C15H22N2O2. The highest BCUT2D eigenvalue weighted by Gasteiger charge is 2.49. The molecule has 1 fully saturated rings. The van der Waals surface area contributed by atoms with E-state index in [2.05, 4.69) is 37.7 Å². The van der Waals surface area contributed by atoms with Gasteiger partial charge in [-0.05, 0) is 38.5 Å². The minimum absolute atomic E-state index is 0.0341. The molecule has 4 heteroatoms. The fraction of sp³-hybridized carbons (Fsp3) is 0.733. The van der Waals surface area contributed by atoms with E-state index in [1.165, 1.54) is 12.7 Å². The number of nitrogens with one attached hydrogen (secondary N) is 1. The molecule has 2 atom stereocenters. The quantitative estimate of drug-likeness (QED) is 0.782. The Morgan fingerprint density at radius 2 is 2.11 bits per heavy atom. The monoisotopic (exact) mass is 262 g/mol. The summed E-state index contributed by atoms with van der Waals surface area (Å²) in [4.78, 5) is 19.1. The van der Waals surface area contributed by atoms with Gasteiger partial charge in [-0.1, -0.05) is 13.8 Å². The Hall–Kier alpha value is -1.32. The van der Waals surface area contributed by atoms with Gasteiger partial charge < -0.3 is 9.72 Å². The third-order valence-electron chi connectivity index (χ3n) is 4.87. The van der Waals surface area contributed by atoms with E-state index < -0.39 is 0 Å². The van der Waals surface area contributed by atoms with Gasteiger partial charge in [-0.3, -0.25) is 4.79 Å². The van der Waals surface area contributed by atoms with Crippen molar-refractivity contribution in [2.24, 2.45) is 11.3 Å². The summed E-state index contributed by atoms with van der Waals surface area (Å²) in [5.74, 6) is 1.20. The summed E-state index contributed by atoms with van der Waals surface area (Å²) < 4.78 is 6.01. The molecule has 104 valence electrons. The number of H-pyrrole nitrogens is 1. The molecule has 1 aromatic rings. The minimum Gasteiger partial charge on any atom is -0.471 e. The van der Waals surface area contributed by atoms with Crippen molar-refractivity contribution >= 4 is 0 Å². The molecule has 1 aromatic heterocycles. The van der Waals surface area contributed by atoms with Gasteiger partial charge in [0, 0.05) is 11.8 Å². The first kappa shape index (κ1) is 12.7. The highest BCUT2D eigenvalue weighted by Crippen LogP contribution is 2.54. The molecule has 1 aliphatic heterocycles. The second-order valence-corrected chi connectivity index (χ2v) is 7.28. The van der Waals surface area contributed by atoms with Crippen LogP contribution in [0.5, 0.6) is 5.88 Å². The second-order valence-electron chi connectivity index (χ2n) is 7.28. The topological polar surface area (TPSA) is 55.0 Å². The van der Waals surface area contributed by atoms with E-state index >= 15 is 0 Å². The normalized spacial score (nSPS) is 30.9. The van der Waals surface area contributed by atoms with Crippen LogP contribution in [0, 0.1) is 11.3 Å². The van der Waals surface area contributed by atoms with Gasteiger partial charge >= 0.3 is 0 Å². The summed E-state index contributed by atoms with van der Waals surface area (Å²) in [5, 5.41) is 0. The van der Waals surface area contributed by atoms with Gasteiger partial charge in [-0.2, -0.15) is 0 Å². The van der Waals surface area contributed by atoms with E-state index in [0.717, 1.165) is 18.4 Å². The van der Waals surface area contributed by atoms with Gasteiger partial charge in [-0.15, -0.1) is 0 Å². The molecular weight excluding hydrogens is 240 g/mol. The van der Waals surface area contributed by atoms with Crippen LogP contribution in [-0.2, 0) is 0 Å². The lowest BCUT2D eigenvalue weighted by Crippen LogP contribution is -2.49. The molecule has 0 bridgehead atoms. The molecule has 0 radical (unpaired) electrons. The zero-order chi connectivity index (χ0) is 13.8. The van der Waals surface area contributed by atoms with E-state index in [1.54, 1.807) is 0 Å². The van der Waals surface area contributed by atoms with Gasteiger partial charge in [-0.25, -0.2) is 4.98 Å². The summed E-state index contributed by atoms with van der Waals surface area (Å²) in [6, 6.07) is 0. The van der Waals surface area contributed by atoms with Crippen LogP contribution in [0.1, 0.15) is 58.4 Å². The number of rotatable bonds is 0. The van der Waals surface area contributed by atoms with Gasteiger partial charge in [0.2, 0.25) is 5.88 Å². The zero-order valence-corrected chi connectivity index (χ0v) is 12.1. The van der Waals surface area contributed by atoms with Crippen molar-refractivity contribution in [3.8, 4) is 5.88 Å². The van der Waals surface area contributed by atoms with E-state index in [0.29, 0.717) is 11.8 Å². The SMILES string of the molecule is CC1(C)CCC2C(C1)c1c(nc[nH]c1=O)OC2(C)C. The number of fused-ring (bicyclic) bond motifs is 3. The highest BCUT2D eigenvalue weighted by atomic mass is 16.5. The molecule has 2 unspecified atom stereocenters. The van der Waals surface area contributed by atoms with Gasteiger partial charge in [0.15, 0.2) is 0 Å². The summed E-state index contributed by atoms with van der Waals surface area (Å²) in [6.07, 6.45) is 4.77. The maximum atomic E-state index is 12.2. The van der Waals surface area contributed by atoms with E-state index in [9.17, 15) is 4.79 Å². The van der Waals surface area contributed by atoms with Crippen molar-refractivity contribution in [3.05, 3.63) is 22.2 Å². The Morgan fingerprint density at radius 3 is 2.84 bits per heavy atom. The number of aromatic amines is 1. The molecule has 0 saturated heterocycles. The summed E-state index contributed by atoms with van der Waals surface area (Å²) in [6.45, 7) is 8.81. The number of aromatic nitrogens is 2. The summed E-state index contributed by atoms with van der Waals surface area (Å²) in [5.41, 5.74) is 0.774. The van der Waals surface area contributed by atoms with Crippen molar-refractivity contribution in [2.45, 2.75) is 58.5 Å². The highest BCUT2D eigenvalue weighted by molar-refractivity contribution is 5.33. The van der Waals surface area contributed by atoms with Crippen LogP contribution < -0.4 is 10.3 Å². The van der Waals surface area contributed by atoms with Crippen molar-refractivity contribution in [1.29, 1.82) is 0 Å². The van der Waals surface area contributed by atoms with E-state index in [-0.39, 0.29) is 22.5 Å². The number of hydrogen-bond donors (Lipinski definition) is 1. The third kappa shape index (κ3) is 1.97. The average Bonchev–Trinajstić information content (AvgIpc) is 2.25. The van der Waals surface area contributed by atoms with Crippen LogP contribution in [0.3, 0.4) is 0 Å². The van der Waals surface area contributed by atoms with Crippen molar-refractivity contribution < 1.29 is 4.74 Å². The lowest BCUT2D eigenvalue weighted by atomic mass is 9.60. The van der Waals surface area contributed by atoms with Crippen LogP contribution in [-0.4, -0.2) is 15.6 Å². The molecule has 4 nitrogen and oxygen atoms in total. The van der Waals surface area contributed by atoms with Gasteiger partial charge in [0.25, 0.3) is 5.56 Å². The Labute approximate surface area is 113 Å². The Morgan fingerprint density at radius 1 is 1.37 bits per heavy atom. The Bertz CT molecular complexity index is 560. The maximum Gasteiger partial charge on any atom is 0.258 e. The molecule has 3 rings (SSSR count). The minimum atomic E-state index is -0.241. The van der Waals surface area contributed by atoms with Gasteiger partial charge in [0.05, 0.1) is 11.9 Å². The van der Waals surface area contributed by atoms with Crippen LogP contribution in [0.25, 0.3) is 0 Å². The van der Waals surface area contributed by atoms with Gasteiger partial charge in [0.1, 0.15) is 5.60 Å². The fourth-order valence-corrected chi connectivity index (χ4v) is 3.85. The van der Waals surface area contributed by atoms with E-state index in [1.807, 2.05) is 0 Å². The van der Waals surface area contributed by atoms with Crippen molar-refractivity contribution in [1.82, 2.24) is 9.97 Å². The molecule has 1 N–H and O–H groups in total.